The molecule has 0 radical (unpaired) electrons. The van der Waals surface area contributed by atoms with Crippen molar-refractivity contribution in [2.24, 2.45) is 0 Å². The van der Waals surface area contributed by atoms with Crippen molar-refractivity contribution in [1.29, 1.82) is 0 Å². The van der Waals surface area contributed by atoms with Crippen LogP contribution in [-0.2, 0) is 0 Å². The number of thioether (sulfide) groups is 1. The molecule has 0 atom stereocenters. The summed E-state index contributed by atoms with van der Waals surface area (Å²) in [4.78, 5) is 0. The smallest absolute Gasteiger partial charge is 0.198 e. The van der Waals surface area contributed by atoms with E-state index in [4.69, 9.17) is 11.6 Å². The predicted octanol–water partition coefficient (Wildman–Crippen LogP) is 3.25. The molecular weight excluding hydrogens is 232 g/mol. The van der Waals surface area contributed by atoms with Crippen molar-refractivity contribution in [3.63, 3.8) is 0 Å². The monoisotopic (exact) mass is 234 g/mol. The zero-order valence-corrected chi connectivity index (χ0v) is 7.50. The van der Waals surface area contributed by atoms with Crippen molar-refractivity contribution in [3.05, 3.63) is 11.2 Å². The third-order valence-corrected chi connectivity index (χ3v) is 2.29. The van der Waals surface area contributed by atoms with Crippen LogP contribution in [0.4, 0.5) is 17.6 Å². The summed E-state index contributed by atoms with van der Waals surface area (Å²) >= 11 is 5.30. The standard InChI is InChI=1S/C5H3ClF4N2S/c6-2-1-11-12(4(7)8)3(2)13-5(9)10/h1,4-5H. The maximum Gasteiger partial charge on any atom is 0.334 e. The fourth-order valence-corrected chi connectivity index (χ4v) is 1.50. The van der Waals surface area contributed by atoms with Crippen LogP contribution < -0.4 is 0 Å². The van der Waals surface area contributed by atoms with Gasteiger partial charge in [0.25, 0.3) is 5.76 Å². The zero-order valence-electron chi connectivity index (χ0n) is 5.92. The summed E-state index contributed by atoms with van der Waals surface area (Å²) in [6.07, 6.45) is 0.901. The van der Waals surface area contributed by atoms with Crippen molar-refractivity contribution in [1.82, 2.24) is 9.78 Å². The summed E-state index contributed by atoms with van der Waals surface area (Å²) in [5.74, 6) is -2.80. The average molecular weight is 235 g/mol. The molecule has 74 valence electrons. The van der Waals surface area contributed by atoms with E-state index in [1.807, 2.05) is 0 Å². The minimum absolute atomic E-state index is 0.0581. The predicted molar refractivity (Wildman–Crippen MR) is 40.4 cm³/mol. The lowest BCUT2D eigenvalue weighted by Crippen LogP contribution is -2.02. The van der Waals surface area contributed by atoms with Crippen molar-refractivity contribution >= 4 is 23.4 Å². The van der Waals surface area contributed by atoms with Gasteiger partial charge in [-0.05, 0) is 11.8 Å². The summed E-state index contributed by atoms with van der Waals surface area (Å²) in [6.45, 7) is -2.96. The fraction of sp³-hybridized carbons (Fsp3) is 0.400. The van der Waals surface area contributed by atoms with Crippen molar-refractivity contribution in [3.8, 4) is 0 Å². The van der Waals surface area contributed by atoms with Gasteiger partial charge in [-0.15, -0.1) is 0 Å². The van der Waals surface area contributed by atoms with Crippen LogP contribution in [0.5, 0.6) is 0 Å². The van der Waals surface area contributed by atoms with E-state index in [0.717, 1.165) is 6.20 Å². The molecule has 0 saturated heterocycles. The van der Waals surface area contributed by atoms with Crippen LogP contribution in [-0.4, -0.2) is 15.5 Å². The maximum absolute atomic E-state index is 12.1. The minimum atomic E-state index is -2.96. The summed E-state index contributed by atoms with van der Waals surface area (Å²) in [7, 11) is 0. The number of alkyl halides is 4. The van der Waals surface area contributed by atoms with Crippen LogP contribution >= 0.6 is 23.4 Å². The van der Waals surface area contributed by atoms with Gasteiger partial charge in [0.05, 0.1) is 11.2 Å². The highest BCUT2D eigenvalue weighted by Crippen LogP contribution is 2.33. The van der Waals surface area contributed by atoms with Gasteiger partial charge in [-0.25, -0.2) is 0 Å². The molecule has 0 saturated carbocycles. The molecule has 8 heteroatoms. The molecule has 1 rings (SSSR count). The van der Waals surface area contributed by atoms with E-state index in [2.05, 4.69) is 5.10 Å². The third-order valence-electron chi connectivity index (χ3n) is 1.09. The van der Waals surface area contributed by atoms with Gasteiger partial charge in [-0.3, -0.25) is 0 Å². The lowest BCUT2D eigenvalue weighted by molar-refractivity contribution is 0.0473. The Bertz CT molecular complexity index is 290. The molecule has 1 aromatic heterocycles. The highest BCUT2D eigenvalue weighted by molar-refractivity contribution is 7.99. The molecule has 13 heavy (non-hydrogen) atoms. The number of nitrogens with zero attached hydrogens (tertiary/aromatic N) is 2. The lowest BCUT2D eigenvalue weighted by atomic mass is 10.7. The SMILES string of the molecule is FC(F)Sc1c(Cl)cnn1C(F)F. The van der Waals surface area contributed by atoms with Crippen molar-refractivity contribution in [2.45, 2.75) is 17.3 Å². The Morgan fingerprint density at radius 3 is 2.46 bits per heavy atom. The Morgan fingerprint density at radius 1 is 1.38 bits per heavy atom. The number of aromatic nitrogens is 2. The second-order valence-electron chi connectivity index (χ2n) is 1.90. The van der Waals surface area contributed by atoms with Gasteiger partial charge in [-0.1, -0.05) is 11.6 Å². The second-order valence-corrected chi connectivity index (χ2v) is 3.28. The first kappa shape index (κ1) is 10.6. The Morgan fingerprint density at radius 2 is 2.00 bits per heavy atom. The van der Waals surface area contributed by atoms with Crippen LogP contribution in [0.15, 0.2) is 11.2 Å². The molecule has 0 aliphatic heterocycles. The van der Waals surface area contributed by atoms with Gasteiger partial charge in [0, 0.05) is 0 Å². The number of rotatable bonds is 3. The molecule has 0 spiro atoms. The number of hydrogen-bond acceptors (Lipinski definition) is 2. The van der Waals surface area contributed by atoms with E-state index in [9.17, 15) is 17.6 Å². The number of hydrogen-bond donors (Lipinski definition) is 0. The van der Waals surface area contributed by atoms with Crippen molar-refractivity contribution < 1.29 is 17.6 Å². The Balaban J connectivity index is 2.94. The van der Waals surface area contributed by atoms with Gasteiger partial charge < -0.3 is 0 Å². The van der Waals surface area contributed by atoms with Crippen LogP contribution in [0.25, 0.3) is 0 Å². The van der Waals surface area contributed by atoms with Crippen LogP contribution in [0, 0.1) is 0 Å². The highest BCUT2D eigenvalue weighted by atomic mass is 35.5. The van der Waals surface area contributed by atoms with Crippen LogP contribution in [0.2, 0.25) is 5.02 Å². The van der Waals surface area contributed by atoms with E-state index >= 15 is 0 Å². The first-order valence-corrected chi connectivity index (χ1v) is 4.24. The molecule has 0 bridgehead atoms. The Hall–Kier alpha value is -0.430. The molecule has 1 heterocycles. The largest absolute Gasteiger partial charge is 0.334 e. The first-order chi connectivity index (χ1) is 6.02. The van der Waals surface area contributed by atoms with E-state index in [1.54, 1.807) is 0 Å². The second kappa shape index (κ2) is 4.19. The van der Waals surface area contributed by atoms with Gasteiger partial charge in [0.2, 0.25) is 0 Å². The van der Waals surface area contributed by atoms with Crippen LogP contribution in [0.3, 0.4) is 0 Å². The van der Waals surface area contributed by atoms with E-state index in [0.29, 0.717) is 0 Å². The molecule has 0 N–H and O–H groups in total. The van der Waals surface area contributed by atoms with Crippen molar-refractivity contribution in [2.75, 3.05) is 0 Å². The maximum atomic E-state index is 12.1. The van der Waals surface area contributed by atoms with Gasteiger partial charge >= 0.3 is 6.55 Å². The summed E-state index contributed by atoms with van der Waals surface area (Å²) in [5, 5.41) is 2.52. The molecule has 0 amide bonds. The average Bonchev–Trinajstić information content (AvgIpc) is 2.32. The van der Waals surface area contributed by atoms with Gasteiger partial charge in [0.15, 0.2) is 0 Å². The Labute approximate surface area is 79.9 Å². The van der Waals surface area contributed by atoms with Gasteiger partial charge in [-0.2, -0.15) is 27.3 Å². The zero-order chi connectivity index (χ0) is 10.0. The third kappa shape index (κ3) is 2.50. The van der Waals surface area contributed by atoms with E-state index < -0.39 is 17.3 Å². The first-order valence-electron chi connectivity index (χ1n) is 2.98. The van der Waals surface area contributed by atoms with E-state index in [-0.39, 0.29) is 21.5 Å². The van der Waals surface area contributed by atoms with Crippen LogP contribution in [0.1, 0.15) is 6.55 Å². The topological polar surface area (TPSA) is 17.8 Å². The molecule has 2 nitrogen and oxygen atoms in total. The molecule has 1 aromatic rings. The summed E-state index contributed by atoms with van der Waals surface area (Å²) in [6, 6.07) is 0. The molecule has 0 fully saturated rings. The summed E-state index contributed by atoms with van der Waals surface area (Å²) in [5.41, 5.74) is 0. The highest BCUT2D eigenvalue weighted by Gasteiger charge is 2.19. The fourth-order valence-electron chi connectivity index (χ4n) is 0.664. The molecule has 0 aliphatic rings. The van der Waals surface area contributed by atoms with Gasteiger partial charge in [0.1, 0.15) is 5.03 Å². The minimum Gasteiger partial charge on any atom is -0.198 e. The Kier molecular flexibility index (Phi) is 3.43. The summed E-state index contributed by atoms with van der Waals surface area (Å²) < 4.78 is 48.0. The lowest BCUT2D eigenvalue weighted by Gasteiger charge is -2.04. The molecule has 0 aliphatic carbocycles. The quantitative estimate of drug-likeness (QED) is 0.590. The normalized spacial score (nSPS) is 11.6. The van der Waals surface area contributed by atoms with E-state index in [1.165, 1.54) is 0 Å². The molecule has 0 aromatic carbocycles. The number of halogens is 5. The molecule has 0 unspecified atom stereocenters. The molecular formula is C5H3ClF4N2S.